The highest BCUT2D eigenvalue weighted by Gasteiger charge is 2.25. The molecule has 1 aliphatic carbocycles. The topological polar surface area (TPSA) is 12.0 Å². The molecule has 1 unspecified atom stereocenters. The molecule has 1 heteroatoms. The molecule has 106 valence electrons. The average Bonchev–Trinajstić information content (AvgIpc) is 2.44. The van der Waals surface area contributed by atoms with E-state index in [0.29, 0.717) is 6.04 Å². The highest BCUT2D eigenvalue weighted by atomic mass is 14.9. The Morgan fingerprint density at radius 2 is 1.74 bits per heavy atom. The maximum absolute atomic E-state index is 3.55. The van der Waals surface area contributed by atoms with Crippen LogP contribution in [0.3, 0.4) is 0 Å². The number of hydrogen-bond acceptors (Lipinski definition) is 1. The molecular formula is C18H29N. The monoisotopic (exact) mass is 259 g/mol. The lowest BCUT2D eigenvalue weighted by Crippen LogP contribution is -2.28. The van der Waals surface area contributed by atoms with Gasteiger partial charge in [0, 0.05) is 6.04 Å². The molecule has 0 aromatic heterocycles. The van der Waals surface area contributed by atoms with Crippen LogP contribution in [-0.2, 0) is 6.42 Å². The van der Waals surface area contributed by atoms with E-state index in [1.807, 2.05) is 0 Å². The summed E-state index contributed by atoms with van der Waals surface area (Å²) in [6.45, 7) is 4.64. The standard InChI is InChI=1S/C18H29N/c1-4-5-15-8-12-17(13-9-15)18(19-3)16-10-6-14(2)7-11-16/h8-9,12-14,16,18-19H,4-7,10-11H2,1-3H3. The number of aryl methyl sites for hydroxylation is 1. The molecule has 0 bridgehead atoms. The Bertz CT molecular complexity index is 360. The van der Waals surface area contributed by atoms with E-state index in [4.69, 9.17) is 0 Å². The summed E-state index contributed by atoms with van der Waals surface area (Å²) in [5, 5.41) is 3.55. The summed E-state index contributed by atoms with van der Waals surface area (Å²) >= 11 is 0. The van der Waals surface area contributed by atoms with E-state index in [1.165, 1.54) is 49.7 Å². The molecule has 19 heavy (non-hydrogen) atoms. The van der Waals surface area contributed by atoms with Crippen LogP contribution < -0.4 is 5.32 Å². The Hall–Kier alpha value is -0.820. The van der Waals surface area contributed by atoms with Gasteiger partial charge < -0.3 is 5.32 Å². The van der Waals surface area contributed by atoms with E-state index in [0.717, 1.165) is 11.8 Å². The van der Waals surface area contributed by atoms with Gasteiger partial charge in [-0.3, -0.25) is 0 Å². The van der Waals surface area contributed by atoms with Crippen molar-refractivity contribution in [2.75, 3.05) is 7.05 Å². The van der Waals surface area contributed by atoms with Gasteiger partial charge in [-0.05, 0) is 49.3 Å². The van der Waals surface area contributed by atoms with Crippen molar-refractivity contribution < 1.29 is 0 Å². The summed E-state index contributed by atoms with van der Waals surface area (Å²) in [4.78, 5) is 0. The van der Waals surface area contributed by atoms with Gasteiger partial charge in [0.05, 0.1) is 0 Å². The number of benzene rings is 1. The molecule has 0 amide bonds. The number of rotatable bonds is 5. The second-order valence-corrected chi connectivity index (χ2v) is 6.28. The van der Waals surface area contributed by atoms with E-state index in [9.17, 15) is 0 Å². The minimum atomic E-state index is 0.545. The van der Waals surface area contributed by atoms with Gasteiger partial charge in [0.2, 0.25) is 0 Å². The lowest BCUT2D eigenvalue weighted by Gasteiger charge is -2.33. The van der Waals surface area contributed by atoms with Gasteiger partial charge in [0.25, 0.3) is 0 Å². The summed E-state index contributed by atoms with van der Waals surface area (Å²) < 4.78 is 0. The van der Waals surface area contributed by atoms with Gasteiger partial charge in [0.1, 0.15) is 0 Å². The zero-order valence-corrected chi connectivity index (χ0v) is 12.8. The van der Waals surface area contributed by atoms with Crippen LogP contribution in [0.1, 0.15) is 63.1 Å². The lowest BCUT2D eigenvalue weighted by atomic mass is 9.77. The van der Waals surface area contributed by atoms with Crippen molar-refractivity contribution in [3.8, 4) is 0 Å². The van der Waals surface area contributed by atoms with Crippen LogP contribution in [0.25, 0.3) is 0 Å². The smallest absolute Gasteiger partial charge is 0.0346 e. The third-order valence-electron chi connectivity index (χ3n) is 4.72. The zero-order chi connectivity index (χ0) is 13.7. The second-order valence-electron chi connectivity index (χ2n) is 6.28. The largest absolute Gasteiger partial charge is 0.313 e. The first-order valence-electron chi connectivity index (χ1n) is 8.00. The molecule has 1 nitrogen and oxygen atoms in total. The summed E-state index contributed by atoms with van der Waals surface area (Å²) in [6.07, 6.45) is 7.99. The summed E-state index contributed by atoms with van der Waals surface area (Å²) in [5.74, 6) is 1.75. The van der Waals surface area contributed by atoms with E-state index < -0.39 is 0 Å². The van der Waals surface area contributed by atoms with Gasteiger partial charge in [-0.1, -0.05) is 57.4 Å². The Morgan fingerprint density at radius 1 is 1.11 bits per heavy atom. The predicted octanol–water partition coefficient (Wildman–Crippen LogP) is 4.73. The van der Waals surface area contributed by atoms with Crippen molar-refractivity contribution in [1.29, 1.82) is 0 Å². The van der Waals surface area contributed by atoms with E-state index >= 15 is 0 Å². The van der Waals surface area contributed by atoms with Crippen molar-refractivity contribution in [1.82, 2.24) is 5.32 Å². The number of nitrogens with one attached hydrogen (secondary N) is 1. The molecule has 0 radical (unpaired) electrons. The van der Waals surface area contributed by atoms with Crippen LogP contribution in [0.15, 0.2) is 24.3 Å². The minimum absolute atomic E-state index is 0.545. The van der Waals surface area contributed by atoms with Crippen LogP contribution in [0.5, 0.6) is 0 Å². The third kappa shape index (κ3) is 3.82. The van der Waals surface area contributed by atoms with Gasteiger partial charge in [-0.2, -0.15) is 0 Å². The molecule has 2 rings (SSSR count). The van der Waals surface area contributed by atoms with Crippen molar-refractivity contribution in [3.63, 3.8) is 0 Å². The predicted molar refractivity (Wildman–Crippen MR) is 83.4 cm³/mol. The molecule has 1 aromatic carbocycles. The molecule has 0 saturated heterocycles. The second kappa shape index (κ2) is 7.09. The molecular weight excluding hydrogens is 230 g/mol. The molecule has 0 aliphatic heterocycles. The SMILES string of the molecule is CCCc1ccc(C(NC)C2CCC(C)CC2)cc1. The fraction of sp³-hybridized carbons (Fsp3) is 0.667. The molecule has 0 heterocycles. The van der Waals surface area contributed by atoms with Gasteiger partial charge in [-0.25, -0.2) is 0 Å². The maximum Gasteiger partial charge on any atom is 0.0346 e. The molecule has 1 atom stereocenters. The fourth-order valence-corrected chi connectivity index (χ4v) is 3.47. The van der Waals surface area contributed by atoms with Crippen LogP contribution in [0.2, 0.25) is 0 Å². The highest BCUT2D eigenvalue weighted by Crippen LogP contribution is 2.36. The maximum atomic E-state index is 3.55. The molecule has 0 spiro atoms. The molecule has 1 aliphatic rings. The van der Waals surface area contributed by atoms with Gasteiger partial charge in [-0.15, -0.1) is 0 Å². The Morgan fingerprint density at radius 3 is 2.26 bits per heavy atom. The Kier molecular flexibility index (Phi) is 5.45. The minimum Gasteiger partial charge on any atom is -0.313 e. The number of hydrogen-bond donors (Lipinski definition) is 1. The molecule has 1 fully saturated rings. The van der Waals surface area contributed by atoms with Crippen molar-refractivity contribution >= 4 is 0 Å². The normalized spacial score (nSPS) is 25.2. The van der Waals surface area contributed by atoms with Gasteiger partial charge in [0.15, 0.2) is 0 Å². The van der Waals surface area contributed by atoms with Crippen molar-refractivity contribution in [2.24, 2.45) is 11.8 Å². The molecule has 1 aromatic rings. The van der Waals surface area contributed by atoms with E-state index in [2.05, 4.69) is 50.5 Å². The third-order valence-corrected chi connectivity index (χ3v) is 4.72. The van der Waals surface area contributed by atoms with Crippen LogP contribution >= 0.6 is 0 Å². The average molecular weight is 259 g/mol. The first-order valence-corrected chi connectivity index (χ1v) is 8.00. The first-order chi connectivity index (χ1) is 9.24. The van der Waals surface area contributed by atoms with E-state index in [1.54, 1.807) is 0 Å². The fourth-order valence-electron chi connectivity index (χ4n) is 3.47. The van der Waals surface area contributed by atoms with Crippen LogP contribution in [0.4, 0.5) is 0 Å². The van der Waals surface area contributed by atoms with Crippen LogP contribution in [-0.4, -0.2) is 7.05 Å². The Balaban J connectivity index is 2.04. The van der Waals surface area contributed by atoms with Crippen molar-refractivity contribution in [2.45, 2.75) is 58.4 Å². The van der Waals surface area contributed by atoms with Gasteiger partial charge >= 0.3 is 0 Å². The summed E-state index contributed by atoms with van der Waals surface area (Å²) in [5.41, 5.74) is 2.94. The highest BCUT2D eigenvalue weighted by molar-refractivity contribution is 5.25. The van der Waals surface area contributed by atoms with Crippen molar-refractivity contribution in [3.05, 3.63) is 35.4 Å². The summed E-state index contributed by atoms with van der Waals surface area (Å²) in [6, 6.07) is 9.85. The zero-order valence-electron chi connectivity index (χ0n) is 12.8. The molecule has 1 saturated carbocycles. The first kappa shape index (κ1) is 14.6. The Labute approximate surface area is 118 Å². The van der Waals surface area contributed by atoms with Crippen LogP contribution in [0, 0.1) is 11.8 Å². The lowest BCUT2D eigenvalue weighted by molar-refractivity contribution is 0.238. The summed E-state index contributed by atoms with van der Waals surface area (Å²) in [7, 11) is 2.11. The molecule has 1 N–H and O–H groups in total. The van der Waals surface area contributed by atoms with E-state index in [-0.39, 0.29) is 0 Å². The quantitative estimate of drug-likeness (QED) is 0.806.